The molecule has 0 saturated carbocycles. The summed E-state index contributed by atoms with van der Waals surface area (Å²) in [5, 5.41) is 12.4. The number of aryl methyl sites for hydroxylation is 1. The second kappa shape index (κ2) is 7.62. The fourth-order valence-corrected chi connectivity index (χ4v) is 3.58. The van der Waals surface area contributed by atoms with E-state index in [-0.39, 0.29) is 5.95 Å². The first-order valence-corrected chi connectivity index (χ1v) is 9.28. The number of para-hydroxylation sites is 1. The molecule has 0 aliphatic heterocycles. The van der Waals surface area contributed by atoms with Gasteiger partial charge in [-0.05, 0) is 18.6 Å². The van der Waals surface area contributed by atoms with Crippen LogP contribution < -0.4 is 16.0 Å². The first-order chi connectivity index (χ1) is 12.0. The van der Waals surface area contributed by atoms with Crippen molar-refractivity contribution in [3.63, 3.8) is 0 Å². The van der Waals surface area contributed by atoms with Gasteiger partial charge in [0, 0.05) is 19.8 Å². The largest absolute Gasteiger partial charge is 0.368 e. The summed E-state index contributed by atoms with van der Waals surface area (Å²) < 4.78 is 0.835. The Bertz CT molecular complexity index is 864. The Kier molecular flexibility index (Phi) is 5.29. The molecule has 0 aliphatic carbocycles. The molecule has 0 amide bonds. The molecule has 3 N–H and O–H groups in total. The van der Waals surface area contributed by atoms with Crippen molar-refractivity contribution in [1.82, 2.24) is 25.1 Å². The minimum atomic E-state index is 0.216. The Morgan fingerprint density at radius 3 is 2.72 bits per heavy atom. The molecule has 8 nitrogen and oxygen atoms in total. The monoisotopic (exact) mass is 374 g/mol. The lowest BCUT2D eigenvalue weighted by Crippen LogP contribution is -2.15. The number of nitrogens with one attached hydrogen (secondary N) is 1. The van der Waals surface area contributed by atoms with Crippen LogP contribution in [0.3, 0.4) is 0 Å². The molecular formula is C15H18N8S2. The van der Waals surface area contributed by atoms with Gasteiger partial charge in [0.05, 0.1) is 5.75 Å². The Balaban J connectivity index is 1.65. The van der Waals surface area contributed by atoms with Gasteiger partial charge in [-0.1, -0.05) is 41.3 Å². The van der Waals surface area contributed by atoms with Gasteiger partial charge < -0.3 is 16.0 Å². The number of hydrogen-bond acceptors (Lipinski definition) is 10. The van der Waals surface area contributed by atoms with Crippen LogP contribution in [0.15, 0.2) is 28.6 Å². The maximum absolute atomic E-state index is 5.74. The normalized spacial score (nSPS) is 10.7. The van der Waals surface area contributed by atoms with Crippen LogP contribution in [-0.2, 0) is 5.75 Å². The smallest absolute Gasteiger partial charge is 0.229 e. The highest BCUT2D eigenvalue weighted by Gasteiger charge is 2.10. The summed E-state index contributed by atoms with van der Waals surface area (Å²) in [6, 6.07) is 8.05. The highest BCUT2D eigenvalue weighted by Crippen LogP contribution is 2.30. The predicted octanol–water partition coefficient (Wildman–Crippen LogP) is 2.72. The number of nitrogen functional groups attached to an aromatic ring is 1. The second-order valence-corrected chi connectivity index (χ2v) is 7.61. The van der Waals surface area contributed by atoms with E-state index in [0.29, 0.717) is 17.5 Å². The zero-order valence-electron chi connectivity index (χ0n) is 14.1. The van der Waals surface area contributed by atoms with Crippen LogP contribution in [0.5, 0.6) is 0 Å². The van der Waals surface area contributed by atoms with E-state index in [1.54, 1.807) is 4.90 Å². The molecule has 0 saturated heterocycles. The van der Waals surface area contributed by atoms with Gasteiger partial charge in [-0.15, -0.1) is 10.2 Å². The van der Waals surface area contributed by atoms with Gasteiger partial charge in [-0.3, -0.25) is 0 Å². The van der Waals surface area contributed by atoms with E-state index in [9.17, 15) is 0 Å². The number of aromatic nitrogens is 5. The molecule has 0 fully saturated rings. The summed E-state index contributed by atoms with van der Waals surface area (Å²) in [6.45, 7) is 2.05. The molecule has 10 heteroatoms. The Labute approximate surface area is 153 Å². The van der Waals surface area contributed by atoms with Crippen LogP contribution in [-0.4, -0.2) is 39.2 Å². The molecular weight excluding hydrogens is 356 g/mol. The van der Waals surface area contributed by atoms with E-state index in [0.717, 1.165) is 20.7 Å². The SMILES string of the molecule is Cc1ccccc1Nc1nnc(SCc2nc(N)nc(N(C)C)n2)s1. The van der Waals surface area contributed by atoms with Gasteiger partial charge in [0.1, 0.15) is 5.82 Å². The van der Waals surface area contributed by atoms with Crippen LogP contribution in [0.4, 0.5) is 22.7 Å². The molecule has 2 aromatic heterocycles. The van der Waals surface area contributed by atoms with E-state index in [2.05, 4.69) is 30.5 Å². The maximum atomic E-state index is 5.74. The van der Waals surface area contributed by atoms with E-state index < -0.39 is 0 Å². The number of benzene rings is 1. The molecule has 0 unspecified atom stereocenters. The van der Waals surface area contributed by atoms with Crippen molar-refractivity contribution in [3.8, 4) is 0 Å². The lowest BCUT2D eigenvalue weighted by atomic mass is 10.2. The van der Waals surface area contributed by atoms with E-state index >= 15 is 0 Å². The highest BCUT2D eigenvalue weighted by atomic mass is 32.2. The van der Waals surface area contributed by atoms with Crippen LogP contribution in [0.25, 0.3) is 0 Å². The van der Waals surface area contributed by atoms with Crippen LogP contribution >= 0.6 is 23.1 Å². The van der Waals surface area contributed by atoms with Crippen molar-refractivity contribution in [2.75, 3.05) is 30.0 Å². The standard InChI is InChI=1S/C15H18N8S2/c1-9-6-4-5-7-10(9)17-14-21-22-15(25-14)24-8-11-18-12(16)20-13(19-11)23(2)3/h4-7H,8H2,1-3H3,(H,17,21)(H2,16,18,19,20). The number of rotatable bonds is 6. The zero-order chi connectivity index (χ0) is 17.8. The highest BCUT2D eigenvalue weighted by molar-refractivity contribution is 8.00. The number of nitrogens with zero attached hydrogens (tertiary/aromatic N) is 6. The van der Waals surface area contributed by atoms with Crippen LogP contribution in [0.1, 0.15) is 11.4 Å². The van der Waals surface area contributed by atoms with Gasteiger partial charge in [-0.2, -0.15) is 15.0 Å². The van der Waals surface area contributed by atoms with Crippen molar-refractivity contribution in [3.05, 3.63) is 35.7 Å². The topological polar surface area (TPSA) is 106 Å². The molecule has 0 bridgehead atoms. The van der Waals surface area contributed by atoms with E-state index in [1.807, 2.05) is 45.3 Å². The number of nitrogens with two attached hydrogens (primary N) is 1. The predicted molar refractivity (Wildman–Crippen MR) is 102 cm³/mol. The van der Waals surface area contributed by atoms with Crippen molar-refractivity contribution in [1.29, 1.82) is 0 Å². The lowest BCUT2D eigenvalue weighted by molar-refractivity contribution is 0.918. The summed E-state index contributed by atoms with van der Waals surface area (Å²) >= 11 is 3.00. The first kappa shape index (κ1) is 17.4. The first-order valence-electron chi connectivity index (χ1n) is 7.48. The van der Waals surface area contributed by atoms with Gasteiger partial charge in [0.25, 0.3) is 0 Å². The van der Waals surface area contributed by atoms with Gasteiger partial charge in [0.15, 0.2) is 4.34 Å². The van der Waals surface area contributed by atoms with Crippen molar-refractivity contribution in [2.24, 2.45) is 0 Å². The molecule has 3 rings (SSSR count). The van der Waals surface area contributed by atoms with Gasteiger partial charge in [-0.25, -0.2) is 0 Å². The molecule has 0 atom stereocenters. The summed E-state index contributed by atoms with van der Waals surface area (Å²) in [5.41, 5.74) is 7.92. The second-order valence-electron chi connectivity index (χ2n) is 5.41. The van der Waals surface area contributed by atoms with Gasteiger partial charge >= 0.3 is 0 Å². The number of hydrogen-bond donors (Lipinski definition) is 2. The third kappa shape index (κ3) is 4.54. The van der Waals surface area contributed by atoms with E-state index in [1.165, 1.54) is 23.1 Å². The van der Waals surface area contributed by atoms with Gasteiger partial charge in [0.2, 0.25) is 17.0 Å². The summed E-state index contributed by atoms with van der Waals surface area (Å²) in [6.07, 6.45) is 0. The quantitative estimate of drug-likeness (QED) is 0.630. The molecule has 1 aromatic carbocycles. The summed E-state index contributed by atoms with van der Waals surface area (Å²) in [7, 11) is 3.72. The molecule has 0 aliphatic rings. The summed E-state index contributed by atoms with van der Waals surface area (Å²) in [5.74, 6) is 1.92. The molecule has 0 radical (unpaired) electrons. The number of thioether (sulfide) groups is 1. The molecule has 0 spiro atoms. The lowest BCUT2D eigenvalue weighted by Gasteiger charge is -2.10. The zero-order valence-corrected chi connectivity index (χ0v) is 15.7. The number of anilines is 4. The third-order valence-corrected chi connectivity index (χ3v) is 5.17. The van der Waals surface area contributed by atoms with E-state index in [4.69, 9.17) is 5.73 Å². The fraction of sp³-hybridized carbons (Fsp3) is 0.267. The molecule has 130 valence electrons. The maximum Gasteiger partial charge on any atom is 0.229 e. The third-order valence-electron chi connectivity index (χ3n) is 3.21. The van der Waals surface area contributed by atoms with Crippen molar-refractivity contribution in [2.45, 2.75) is 17.0 Å². The summed E-state index contributed by atoms with van der Waals surface area (Å²) in [4.78, 5) is 14.4. The fourth-order valence-electron chi connectivity index (χ4n) is 1.96. The minimum absolute atomic E-state index is 0.216. The van der Waals surface area contributed by atoms with Crippen LogP contribution in [0, 0.1) is 6.92 Å². The molecule has 25 heavy (non-hydrogen) atoms. The van der Waals surface area contributed by atoms with Crippen LogP contribution in [0.2, 0.25) is 0 Å². The average Bonchev–Trinajstić information content (AvgIpc) is 3.02. The average molecular weight is 374 g/mol. The Morgan fingerprint density at radius 1 is 1.16 bits per heavy atom. The minimum Gasteiger partial charge on any atom is -0.368 e. The molecule has 3 aromatic rings. The Hall–Kier alpha value is -2.46. The Morgan fingerprint density at radius 2 is 1.96 bits per heavy atom. The molecule has 2 heterocycles. The van der Waals surface area contributed by atoms with Crippen molar-refractivity contribution < 1.29 is 0 Å². The van der Waals surface area contributed by atoms with Crippen molar-refractivity contribution >= 4 is 45.8 Å².